The van der Waals surface area contributed by atoms with Gasteiger partial charge >= 0.3 is 0 Å². The Labute approximate surface area is 75.6 Å². The van der Waals surface area contributed by atoms with Gasteiger partial charge < -0.3 is 5.73 Å². The van der Waals surface area contributed by atoms with E-state index in [1.807, 2.05) is 32.0 Å². The third-order valence-electron chi connectivity index (χ3n) is 1.72. The molecule has 0 unspecified atom stereocenters. The van der Waals surface area contributed by atoms with E-state index in [2.05, 4.69) is 19.1 Å². The van der Waals surface area contributed by atoms with Crippen molar-refractivity contribution in [2.24, 2.45) is 5.73 Å². The molecule has 1 rings (SSSR count). The second-order valence-electron chi connectivity index (χ2n) is 2.55. The number of hydrogen-bond acceptors (Lipinski definition) is 1. The standard InChI is InChI=1S/C9H13N.C2H6/c1-8(7-10)9-5-3-2-4-6-9;1-2/h2-6,8H,7,10H2,1H3;1-2H3/t8-;/m0./s1. The van der Waals surface area contributed by atoms with E-state index >= 15 is 0 Å². The molecule has 1 heteroatoms. The van der Waals surface area contributed by atoms with Crippen LogP contribution in [0.25, 0.3) is 0 Å². The van der Waals surface area contributed by atoms with Crippen molar-refractivity contribution in [2.45, 2.75) is 26.7 Å². The molecule has 0 aliphatic rings. The van der Waals surface area contributed by atoms with Gasteiger partial charge in [0.25, 0.3) is 0 Å². The zero-order chi connectivity index (χ0) is 9.40. The molecule has 12 heavy (non-hydrogen) atoms. The van der Waals surface area contributed by atoms with Gasteiger partial charge in [0.2, 0.25) is 0 Å². The summed E-state index contributed by atoms with van der Waals surface area (Å²) in [6.45, 7) is 6.86. The fraction of sp³-hybridized carbons (Fsp3) is 0.455. The van der Waals surface area contributed by atoms with Crippen LogP contribution in [0.4, 0.5) is 0 Å². The lowest BCUT2D eigenvalue weighted by molar-refractivity contribution is 0.774. The highest BCUT2D eigenvalue weighted by Crippen LogP contribution is 2.11. The van der Waals surface area contributed by atoms with Crippen LogP contribution in [0.5, 0.6) is 0 Å². The normalized spacial score (nSPS) is 11.3. The monoisotopic (exact) mass is 165 g/mol. The molecule has 0 saturated carbocycles. The van der Waals surface area contributed by atoms with Gasteiger partial charge in [0.05, 0.1) is 0 Å². The minimum Gasteiger partial charge on any atom is -0.330 e. The fourth-order valence-electron chi connectivity index (χ4n) is 0.918. The molecule has 0 fully saturated rings. The van der Waals surface area contributed by atoms with E-state index in [9.17, 15) is 0 Å². The SMILES string of the molecule is CC.C[C@@H](CN)c1ccccc1. The summed E-state index contributed by atoms with van der Waals surface area (Å²) < 4.78 is 0. The lowest BCUT2D eigenvalue weighted by atomic mass is 10.0. The molecule has 0 amide bonds. The maximum Gasteiger partial charge on any atom is -0.00109 e. The highest BCUT2D eigenvalue weighted by Gasteiger charge is 1.99. The molecule has 0 aliphatic heterocycles. The lowest BCUT2D eigenvalue weighted by Gasteiger charge is -2.06. The Kier molecular flexibility index (Phi) is 6.39. The second-order valence-corrected chi connectivity index (χ2v) is 2.55. The first-order valence-electron chi connectivity index (χ1n) is 4.59. The van der Waals surface area contributed by atoms with E-state index in [1.54, 1.807) is 0 Å². The van der Waals surface area contributed by atoms with E-state index < -0.39 is 0 Å². The third kappa shape index (κ3) is 3.54. The van der Waals surface area contributed by atoms with Gasteiger partial charge in [0, 0.05) is 0 Å². The van der Waals surface area contributed by atoms with Gasteiger partial charge in [0.15, 0.2) is 0 Å². The van der Waals surface area contributed by atoms with Gasteiger partial charge in [-0.2, -0.15) is 0 Å². The Bertz CT molecular complexity index is 181. The highest BCUT2D eigenvalue weighted by molar-refractivity contribution is 5.18. The number of nitrogens with two attached hydrogens (primary N) is 1. The molecule has 1 aromatic rings. The van der Waals surface area contributed by atoms with Crippen molar-refractivity contribution >= 4 is 0 Å². The van der Waals surface area contributed by atoms with Crippen LogP contribution in [0.3, 0.4) is 0 Å². The minimum absolute atomic E-state index is 0.487. The summed E-state index contributed by atoms with van der Waals surface area (Å²) in [4.78, 5) is 0. The van der Waals surface area contributed by atoms with Gasteiger partial charge in [-0.3, -0.25) is 0 Å². The molecule has 1 aromatic carbocycles. The molecule has 2 N–H and O–H groups in total. The number of hydrogen-bond donors (Lipinski definition) is 1. The van der Waals surface area contributed by atoms with Gasteiger partial charge in [-0.25, -0.2) is 0 Å². The van der Waals surface area contributed by atoms with Crippen LogP contribution in [0.15, 0.2) is 30.3 Å². The average Bonchev–Trinajstić information content (AvgIpc) is 2.21. The molecule has 1 nitrogen and oxygen atoms in total. The summed E-state index contributed by atoms with van der Waals surface area (Å²) in [6, 6.07) is 10.3. The molecule has 0 heterocycles. The summed E-state index contributed by atoms with van der Waals surface area (Å²) in [7, 11) is 0. The molecule has 0 aromatic heterocycles. The average molecular weight is 165 g/mol. The van der Waals surface area contributed by atoms with Crippen molar-refractivity contribution in [1.29, 1.82) is 0 Å². The van der Waals surface area contributed by atoms with Crippen LogP contribution in [0, 0.1) is 0 Å². The molecular formula is C11H19N. The van der Waals surface area contributed by atoms with Crippen molar-refractivity contribution in [2.75, 3.05) is 6.54 Å². The summed E-state index contributed by atoms with van der Waals surface area (Å²) >= 11 is 0. The maximum atomic E-state index is 5.50. The van der Waals surface area contributed by atoms with Crippen molar-refractivity contribution in [3.8, 4) is 0 Å². The first kappa shape index (κ1) is 11.2. The van der Waals surface area contributed by atoms with Crippen molar-refractivity contribution < 1.29 is 0 Å². The van der Waals surface area contributed by atoms with Crippen LogP contribution in [0.1, 0.15) is 32.3 Å². The molecule has 0 radical (unpaired) electrons. The van der Waals surface area contributed by atoms with E-state index in [0.717, 1.165) is 6.54 Å². The van der Waals surface area contributed by atoms with Crippen LogP contribution in [-0.2, 0) is 0 Å². The van der Waals surface area contributed by atoms with Gasteiger partial charge in [-0.05, 0) is 18.0 Å². The smallest absolute Gasteiger partial charge is 0.00109 e. The molecule has 0 aliphatic carbocycles. The summed E-state index contributed by atoms with van der Waals surface area (Å²) in [6.07, 6.45) is 0. The topological polar surface area (TPSA) is 26.0 Å². The minimum atomic E-state index is 0.487. The van der Waals surface area contributed by atoms with Crippen LogP contribution >= 0.6 is 0 Å². The van der Waals surface area contributed by atoms with Crippen molar-refractivity contribution in [3.63, 3.8) is 0 Å². The molecule has 0 bridgehead atoms. The lowest BCUT2D eigenvalue weighted by Crippen LogP contribution is -2.08. The van der Waals surface area contributed by atoms with E-state index in [4.69, 9.17) is 5.73 Å². The van der Waals surface area contributed by atoms with Gasteiger partial charge in [-0.1, -0.05) is 51.1 Å². The second kappa shape index (κ2) is 6.86. The van der Waals surface area contributed by atoms with E-state index in [-0.39, 0.29) is 0 Å². The van der Waals surface area contributed by atoms with Gasteiger partial charge in [0.1, 0.15) is 0 Å². The number of rotatable bonds is 2. The molecule has 68 valence electrons. The van der Waals surface area contributed by atoms with Crippen molar-refractivity contribution in [3.05, 3.63) is 35.9 Å². The quantitative estimate of drug-likeness (QED) is 0.716. The van der Waals surface area contributed by atoms with Crippen molar-refractivity contribution in [1.82, 2.24) is 0 Å². The fourth-order valence-corrected chi connectivity index (χ4v) is 0.918. The largest absolute Gasteiger partial charge is 0.330 e. The zero-order valence-electron chi connectivity index (χ0n) is 8.25. The van der Waals surface area contributed by atoms with Gasteiger partial charge in [-0.15, -0.1) is 0 Å². The summed E-state index contributed by atoms with van der Waals surface area (Å²) in [5.74, 6) is 0.487. The molecular weight excluding hydrogens is 146 g/mol. The Hall–Kier alpha value is -0.820. The van der Waals surface area contributed by atoms with Crippen LogP contribution in [-0.4, -0.2) is 6.54 Å². The molecule has 0 saturated heterocycles. The van der Waals surface area contributed by atoms with Crippen LogP contribution < -0.4 is 5.73 Å². The molecule has 0 spiro atoms. The third-order valence-corrected chi connectivity index (χ3v) is 1.72. The first-order valence-corrected chi connectivity index (χ1v) is 4.59. The predicted molar refractivity (Wildman–Crippen MR) is 55.3 cm³/mol. The number of benzene rings is 1. The maximum absolute atomic E-state index is 5.50. The Morgan fingerprint density at radius 3 is 2.08 bits per heavy atom. The van der Waals surface area contributed by atoms with E-state index in [0.29, 0.717) is 5.92 Å². The van der Waals surface area contributed by atoms with E-state index in [1.165, 1.54) is 5.56 Å². The molecule has 1 atom stereocenters. The van der Waals surface area contributed by atoms with Crippen LogP contribution in [0.2, 0.25) is 0 Å². The first-order chi connectivity index (χ1) is 5.84. The Morgan fingerprint density at radius 2 is 1.67 bits per heavy atom. The predicted octanol–water partition coefficient (Wildman–Crippen LogP) is 2.78. The summed E-state index contributed by atoms with van der Waals surface area (Å²) in [5, 5.41) is 0. The highest BCUT2D eigenvalue weighted by atomic mass is 14.5. The Balaban J connectivity index is 0.000000561. The summed E-state index contributed by atoms with van der Waals surface area (Å²) in [5.41, 5.74) is 6.83. The zero-order valence-corrected chi connectivity index (χ0v) is 8.25. The Morgan fingerprint density at radius 1 is 1.17 bits per heavy atom.